The van der Waals surface area contributed by atoms with Crippen molar-refractivity contribution in [3.63, 3.8) is 0 Å². The van der Waals surface area contributed by atoms with Crippen molar-refractivity contribution in [3.05, 3.63) is 12.2 Å². The van der Waals surface area contributed by atoms with Crippen LogP contribution in [0.1, 0.15) is 46.5 Å². The predicted molar refractivity (Wildman–Crippen MR) is 63.4 cm³/mol. The molecule has 1 saturated carbocycles. The molecule has 1 nitrogen and oxygen atoms in total. The van der Waals surface area contributed by atoms with Crippen molar-refractivity contribution in [2.24, 2.45) is 11.8 Å². The van der Waals surface area contributed by atoms with Crippen LogP contribution in [0.5, 0.6) is 0 Å². The van der Waals surface area contributed by atoms with Crippen molar-refractivity contribution >= 4 is 0 Å². The van der Waals surface area contributed by atoms with Crippen LogP contribution in [-0.4, -0.2) is 12.6 Å². The molecule has 0 aromatic rings. The van der Waals surface area contributed by atoms with Gasteiger partial charge in [0.15, 0.2) is 0 Å². The van der Waals surface area contributed by atoms with Gasteiger partial charge in [0, 0.05) is 12.6 Å². The lowest BCUT2D eigenvalue weighted by Crippen LogP contribution is -2.22. The van der Waals surface area contributed by atoms with Gasteiger partial charge in [0.05, 0.1) is 0 Å². The summed E-state index contributed by atoms with van der Waals surface area (Å²) < 4.78 is 0. The zero-order chi connectivity index (χ0) is 10.4. The molecule has 0 spiro atoms. The Kier molecular flexibility index (Phi) is 5.24. The molecular weight excluding hydrogens is 170 g/mol. The molecule has 0 radical (unpaired) electrons. The smallest absolute Gasteiger partial charge is 0.0137 e. The quantitative estimate of drug-likeness (QED) is 0.678. The number of nitrogens with one attached hydrogen (secondary N) is 1. The van der Waals surface area contributed by atoms with Gasteiger partial charge in [-0.05, 0) is 24.7 Å². The van der Waals surface area contributed by atoms with Crippen molar-refractivity contribution in [1.29, 1.82) is 0 Å². The summed E-state index contributed by atoms with van der Waals surface area (Å²) in [6, 6.07) is 0.603. The number of hydrogen-bond acceptors (Lipinski definition) is 1. The normalized spacial score (nSPS) is 28.9. The van der Waals surface area contributed by atoms with Gasteiger partial charge in [-0.2, -0.15) is 0 Å². The lowest BCUT2D eigenvalue weighted by molar-refractivity contribution is 0.330. The minimum absolute atomic E-state index is 0.603. The van der Waals surface area contributed by atoms with Crippen LogP contribution in [0.2, 0.25) is 0 Å². The first-order valence-electron chi connectivity index (χ1n) is 6.08. The van der Waals surface area contributed by atoms with E-state index in [4.69, 9.17) is 0 Å². The second-order valence-electron chi connectivity index (χ2n) is 5.01. The van der Waals surface area contributed by atoms with E-state index in [0.717, 1.165) is 18.4 Å². The first-order valence-corrected chi connectivity index (χ1v) is 6.08. The molecule has 1 aliphatic rings. The van der Waals surface area contributed by atoms with Crippen molar-refractivity contribution in [2.75, 3.05) is 6.54 Å². The van der Waals surface area contributed by atoms with E-state index in [9.17, 15) is 0 Å². The van der Waals surface area contributed by atoms with Crippen LogP contribution in [0.4, 0.5) is 0 Å². The molecule has 0 aromatic carbocycles. The van der Waals surface area contributed by atoms with Gasteiger partial charge in [0.1, 0.15) is 0 Å². The molecule has 0 saturated heterocycles. The van der Waals surface area contributed by atoms with Crippen molar-refractivity contribution in [3.8, 4) is 0 Å². The van der Waals surface area contributed by atoms with Gasteiger partial charge in [0.25, 0.3) is 0 Å². The van der Waals surface area contributed by atoms with E-state index in [1.165, 1.54) is 25.7 Å². The lowest BCUT2D eigenvalue weighted by Gasteiger charge is -2.23. The van der Waals surface area contributed by atoms with Crippen LogP contribution in [0.15, 0.2) is 12.2 Å². The van der Waals surface area contributed by atoms with Crippen molar-refractivity contribution in [1.82, 2.24) is 5.32 Å². The molecule has 1 N–H and O–H groups in total. The summed E-state index contributed by atoms with van der Waals surface area (Å²) in [5.74, 6) is 1.83. The topological polar surface area (TPSA) is 12.0 Å². The van der Waals surface area contributed by atoms with Crippen LogP contribution in [0.25, 0.3) is 0 Å². The Labute approximate surface area is 89.0 Å². The molecule has 1 heteroatoms. The van der Waals surface area contributed by atoms with Gasteiger partial charge < -0.3 is 5.32 Å². The highest BCUT2D eigenvalue weighted by Gasteiger charge is 2.15. The number of rotatable bonds is 4. The molecule has 0 aliphatic heterocycles. The van der Waals surface area contributed by atoms with E-state index < -0.39 is 0 Å². The maximum Gasteiger partial charge on any atom is 0.0137 e. The molecule has 1 aliphatic carbocycles. The monoisotopic (exact) mass is 195 g/mol. The maximum atomic E-state index is 3.41. The Morgan fingerprint density at radius 2 is 1.86 bits per heavy atom. The minimum Gasteiger partial charge on any atom is -0.311 e. The van der Waals surface area contributed by atoms with Gasteiger partial charge in [-0.25, -0.2) is 0 Å². The molecule has 1 rings (SSSR count). The summed E-state index contributed by atoms with van der Waals surface area (Å²) in [4.78, 5) is 0. The first-order chi connectivity index (χ1) is 6.68. The fraction of sp³-hybridized carbons (Fsp3) is 0.846. The minimum atomic E-state index is 0.603. The SMILES string of the molecule is CC1CCC(C=CCNC(C)C)CC1. The molecule has 0 heterocycles. The molecule has 1 fully saturated rings. The van der Waals surface area contributed by atoms with E-state index in [2.05, 4.69) is 38.2 Å². The Hall–Kier alpha value is -0.300. The Bertz CT molecular complexity index is 164. The van der Waals surface area contributed by atoms with E-state index in [0.29, 0.717) is 6.04 Å². The third-order valence-corrected chi connectivity index (χ3v) is 3.11. The summed E-state index contributed by atoms with van der Waals surface area (Å²) in [6.07, 6.45) is 10.4. The molecule has 0 atom stereocenters. The zero-order valence-corrected chi connectivity index (χ0v) is 9.92. The number of allylic oxidation sites excluding steroid dienone is 1. The van der Waals surface area contributed by atoms with Crippen LogP contribution in [-0.2, 0) is 0 Å². The summed E-state index contributed by atoms with van der Waals surface area (Å²) in [6.45, 7) is 7.79. The highest BCUT2D eigenvalue weighted by atomic mass is 14.9. The van der Waals surface area contributed by atoms with E-state index in [-0.39, 0.29) is 0 Å². The maximum absolute atomic E-state index is 3.41. The third-order valence-electron chi connectivity index (χ3n) is 3.11. The second-order valence-corrected chi connectivity index (χ2v) is 5.01. The van der Waals surface area contributed by atoms with Gasteiger partial charge in [-0.15, -0.1) is 0 Å². The highest BCUT2D eigenvalue weighted by molar-refractivity contribution is 4.92. The molecular formula is C13H25N. The molecule has 0 aromatic heterocycles. The highest BCUT2D eigenvalue weighted by Crippen LogP contribution is 2.28. The second kappa shape index (κ2) is 6.23. The van der Waals surface area contributed by atoms with Crippen molar-refractivity contribution < 1.29 is 0 Å². The summed E-state index contributed by atoms with van der Waals surface area (Å²) in [7, 11) is 0. The molecule has 0 bridgehead atoms. The van der Waals surface area contributed by atoms with Gasteiger partial charge >= 0.3 is 0 Å². The third kappa shape index (κ3) is 4.80. The molecule has 82 valence electrons. The average Bonchev–Trinajstić information content (AvgIpc) is 2.15. The van der Waals surface area contributed by atoms with Gasteiger partial charge in [-0.1, -0.05) is 45.8 Å². The van der Waals surface area contributed by atoms with E-state index >= 15 is 0 Å². The molecule has 0 unspecified atom stereocenters. The fourth-order valence-electron chi connectivity index (χ4n) is 2.04. The van der Waals surface area contributed by atoms with Crippen LogP contribution < -0.4 is 5.32 Å². The Balaban J connectivity index is 2.11. The van der Waals surface area contributed by atoms with Crippen LogP contribution in [0, 0.1) is 11.8 Å². The van der Waals surface area contributed by atoms with Gasteiger partial charge in [-0.3, -0.25) is 0 Å². The largest absolute Gasteiger partial charge is 0.311 e. The first kappa shape index (κ1) is 11.8. The predicted octanol–water partition coefficient (Wildman–Crippen LogP) is 3.37. The average molecular weight is 195 g/mol. The van der Waals surface area contributed by atoms with Crippen molar-refractivity contribution in [2.45, 2.75) is 52.5 Å². The van der Waals surface area contributed by atoms with Crippen LogP contribution >= 0.6 is 0 Å². The van der Waals surface area contributed by atoms with E-state index in [1.54, 1.807) is 0 Å². The standard InChI is InChI=1S/C13H25N/c1-11(2)14-10-4-5-13-8-6-12(3)7-9-13/h4-5,11-14H,6-10H2,1-3H3. The van der Waals surface area contributed by atoms with Crippen LogP contribution in [0.3, 0.4) is 0 Å². The Morgan fingerprint density at radius 3 is 2.43 bits per heavy atom. The zero-order valence-electron chi connectivity index (χ0n) is 9.92. The lowest BCUT2D eigenvalue weighted by atomic mass is 9.83. The molecule has 14 heavy (non-hydrogen) atoms. The van der Waals surface area contributed by atoms with Gasteiger partial charge in [0.2, 0.25) is 0 Å². The summed E-state index contributed by atoms with van der Waals surface area (Å²) in [5, 5.41) is 3.41. The summed E-state index contributed by atoms with van der Waals surface area (Å²) in [5.41, 5.74) is 0. The Morgan fingerprint density at radius 1 is 1.21 bits per heavy atom. The summed E-state index contributed by atoms with van der Waals surface area (Å²) >= 11 is 0. The fourth-order valence-corrected chi connectivity index (χ4v) is 2.04. The number of hydrogen-bond donors (Lipinski definition) is 1. The molecule has 0 amide bonds. The van der Waals surface area contributed by atoms with E-state index in [1.807, 2.05) is 0 Å².